The van der Waals surface area contributed by atoms with E-state index in [-0.39, 0.29) is 5.56 Å². The number of hydrogen-bond donors (Lipinski definition) is 0. The van der Waals surface area contributed by atoms with Crippen molar-refractivity contribution in [3.05, 3.63) is 47.0 Å². The van der Waals surface area contributed by atoms with Gasteiger partial charge in [-0.1, -0.05) is 25.5 Å². The summed E-state index contributed by atoms with van der Waals surface area (Å²) in [6.07, 6.45) is 5.69. The van der Waals surface area contributed by atoms with Crippen LogP contribution in [0.25, 0.3) is 16.7 Å². The van der Waals surface area contributed by atoms with E-state index in [9.17, 15) is 4.79 Å². The lowest BCUT2D eigenvalue weighted by molar-refractivity contribution is 0.622. The van der Waals surface area contributed by atoms with E-state index in [2.05, 4.69) is 11.9 Å². The van der Waals surface area contributed by atoms with Gasteiger partial charge in [0.1, 0.15) is 0 Å². The van der Waals surface area contributed by atoms with Crippen molar-refractivity contribution < 1.29 is 0 Å². The van der Waals surface area contributed by atoms with Gasteiger partial charge in [-0.05, 0) is 18.6 Å². The molecular formula is C14H15N3O. The maximum Gasteiger partial charge on any atom is 0.262 e. The smallest absolute Gasteiger partial charge is 0.262 e. The summed E-state index contributed by atoms with van der Waals surface area (Å²) in [6, 6.07) is 7.67. The van der Waals surface area contributed by atoms with E-state index in [0.717, 1.165) is 36.1 Å². The fourth-order valence-corrected chi connectivity index (χ4v) is 2.30. The van der Waals surface area contributed by atoms with Crippen LogP contribution in [-0.2, 0) is 6.54 Å². The summed E-state index contributed by atoms with van der Waals surface area (Å²) in [5.74, 6) is 0.729. The molecule has 0 spiro atoms. The molecule has 4 nitrogen and oxygen atoms in total. The Hall–Kier alpha value is -2.10. The first kappa shape index (κ1) is 11.0. The molecule has 0 radical (unpaired) electrons. The highest BCUT2D eigenvalue weighted by Gasteiger charge is 2.10. The lowest BCUT2D eigenvalue weighted by atomic mass is 10.2. The molecule has 3 rings (SSSR count). The van der Waals surface area contributed by atoms with Crippen molar-refractivity contribution in [2.24, 2.45) is 0 Å². The van der Waals surface area contributed by atoms with Gasteiger partial charge in [-0.3, -0.25) is 13.8 Å². The minimum atomic E-state index is 0.0535. The number of unbranched alkanes of at least 4 members (excludes halogenated alkanes) is 1. The van der Waals surface area contributed by atoms with Crippen LogP contribution in [0, 0.1) is 0 Å². The fraction of sp³-hybridized carbons (Fsp3) is 0.286. The summed E-state index contributed by atoms with van der Waals surface area (Å²) >= 11 is 0. The number of hydrogen-bond acceptors (Lipinski definition) is 2. The maximum absolute atomic E-state index is 12.5. The molecule has 4 heteroatoms. The van der Waals surface area contributed by atoms with Gasteiger partial charge in [-0.2, -0.15) is 0 Å². The third-order valence-corrected chi connectivity index (χ3v) is 3.24. The zero-order valence-electron chi connectivity index (χ0n) is 10.3. The first-order chi connectivity index (χ1) is 8.83. The van der Waals surface area contributed by atoms with Crippen LogP contribution in [0.2, 0.25) is 0 Å². The number of rotatable bonds is 3. The number of nitrogens with zero attached hydrogens (tertiary/aromatic N) is 3. The molecule has 0 aliphatic carbocycles. The van der Waals surface area contributed by atoms with Crippen molar-refractivity contribution in [3.8, 4) is 0 Å². The number of benzene rings is 1. The highest BCUT2D eigenvalue weighted by atomic mass is 16.1. The van der Waals surface area contributed by atoms with Gasteiger partial charge in [0, 0.05) is 18.9 Å². The molecule has 92 valence electrons. The number of aryl methyl sites for hydroxylation is 1. The van der Waals surface area contributed by atoms with Crippen LogP contribution < -0.4 is 5.56 Å². The molecule has 0 aliphatic heterocycles. The Kier molecular flexibility index (Phi) is 2.63. The average molecular weight is 241 g/mol. The predicted octanol–water partition coefficient (Wildman–Crippen LogP) is 2.45. The van der Waals surface area contributed by atoms with Crippen LogP contribution in [0.5, 0.6) is 0 Å². The number of aromatic nitrogens is 3. The van der Waals surface area contributed by atoms with Crippen molar-refractivity contribution in [1.29, 1.82) is 0 Å². The Labute approximate surface area is 105 Å². The first-order valence-electron chi connectivity index (χ1n) is 6.27. The van der Waals surface area contributed by atoms with E-state index in [1.165, 1.54) is 0 Å². The van der Waals surface area contributed by atoms with Crippen molar-refractivity contribution in [2.75, 3.05) is 0 Å². The van der Waals surface area contributed by atoms with Gasteiger partial charge >= 0.3 is 0 Å². The van der Waals surface area contributed by atoms with Crippen molar-refractivity contribution >= 4 is 16.7 Å². The zero-order chi connectivity index (χ0) is 12.5. The van der Waals surface area contributed by atoms with E-state index in [0.29, 0.717) is 0 Å². The Bertz CT molecular complexity index is 754. The molecule has 1 aromatic carbocycles. The average Bonchev–Trinajstić information content (AvgIpc) is 2.88. The Morgan fingerprint density at radius 1 is 1.28 bits per heavy atom. The number of fused-ring (bicyclic) bond motifs is 3. The zero-order valence-corrected chi connectivity index (χ0v) is 10.3. The van der Waals surface area contributed by atoms with Gasteiger partial charge in [0.05, 0.1) is 10.9 Å². The molecule has 0 unspecified atom stereocenters. The normalized spacial score (nSPS) is 11.4. The summed E-state index contributed by atoms with van der Waals surface area (Å²) in [5.41, 5.74) is 0.973. The van der Waals surface area contributed by atoms with E-state index in [1.807, 2.05) is 34.9 Å². The highest BCUT2D eigenvalue weighted by Crippen LogP contribution is 2.12. The summed E-state index contributed by atoms with van der Waals surface area (Å²) < 4.78 is 3.75. The molecule has 2 aromatic heterocycles. The standard InChI is InChI=1S/C14H15N3O/c1-2-3-9-17-13(18)11-6-4-5-7-12(11)16-10-8-15-14(16)17/h4-8,10H,2-3,9H2,1H3. The second-order valence-electron chi connectivity index (χ2n) is 4.42. The highest BCUT2D eigenvalue weighted by molar-refractivity contribution is 5.80. The second-order valence-corrected chi connectivity index (χ2v) is 4.42. The fourth-order valence-electron chi connectivity index (χ4n) is 2.30. The Morgan fingerprint density at radius 3 is 2.94 bits per heavy atom. The second kappa shape index (κ2) is 4.29. The molecule has 0 fully saturated rings. The van der Waals surface area contributed by atoms with Gasteiger partial charge < -0.3 is 0 Å². The van der Waals surface area contributed by atoms with E-state index in [1.54, 1.807) is 10.8 Å². The van der Waals surface area contributed by atoms with E-state index >= 15 is 0 Å². The monoisotopic (exact) mass is 241 g/mol. The largest absolute Gasteiger partial charge is 0.285 e. The number of para-hydroxylation sites is 1. The molecule has 0 aliphatic rings. The van der Waals surface area contributed by atoms with Crippen LogP contribution in [-0.4, -0.2) is 14.0 Å². The van der Waals surface area contributed by atoms with Gasteiger partial charge in [0.15, 0.2) is 0 Å². The minimum absolute atomic E-state index is 0.0535. The third-order valence-electron chi connectivity index (χ3n) is 3.24. The summed E-state index contributed by atoms with van der Waals surface area (Å²) in [7, 11) is 0. The van der Waals surface area contributed by atoms with Crippen molar-refractivity contribution in [1.82, 2.24) is 14.0 Å². The SMILES string of the molecule is CCCCn1c(=O)c2ccccc2n2ccnc12. The Balaban J connectivity index is 2.41. The molecule has 0 amide bonds. The maximum atomic E-state index is 12.5. The molecule has 0 bridgehead atoms. The predicted molar refractivity (Wildman–Crippen MR) is 71.9 cm³/mol. The van der Waals surface area contributed by atoms with E-state index < -0.39 is 0 Å². The van der Waals surface area contributed by atoms with Crippen molar-refractivity contribution in [3.63, 3.8) is 0 Å². The van der Waals surface area contributed by atoms with Gasteiger partial charge in [-0.25, -0.2) is 4.98 Å². The van der Waals surface area contributed by atoms with Crippen molar-refractivity contribution in [2.45, 2.75) is 26.3 Å². The van der Waals surface area contributed by atoms with Gasteiger partial charge in [0.25, 0.3) is 5.56 Å². The van der Waals surface area contributed by atoms with Gasteiger partial charge in [-0.15, -0.1) is 0 Å². The van der Waals surface area contributed by atoms with Crippen LogP contribution in [0.1, 0.15) is 19.8 Å². The minimum Gasteiger partial charge on any atom is -0.285 e. The van der Waals surface area contributed by atoms with Crippen LogP contribution in [0.15, 0.2) is 41.5 Å². The molecule has 18 heavy (non-hydrogen) atoms. The lowest BCUT2D eigenvalue weighted by Gasteiger charge is -2.09. The molecule has 2 heterocycles. The van der Waals surface area contributed by atoms with E-state index in [4.69, 9.17) is 0 Å². The number of imidazole rings is 1. The topological polar surface area (TPSA) is 39.3 Å². The third kappa shape index (κ3) is 1.53. The first-order valence-corrected chi connectivity index (χ1v) is 6.27. The van der Waals surface area contributed by atoms with Crippen LogP contribution in [0.3, 0.4) is 0 Å². The van der Waals surface area contributed by atoms with Crippen LogP contribution in [0.4, 0.5) is 0 Å². The summed E-state index contributed by atoms with van der Waals surface area (Å²) in [4.78, 5) is 16.8. The molecule has 0 atom stereocenters. The molecular weight excluding hydrogens is 226 g/mol. The van der Waals surface area contributed by atoms with Crippen LogP contribution >= 0.6 is 0 Å². The molecule has 0 saturated heterocycles. The summed E-state index contributed by atoms with van der Waals surface area (Å²) in [6.45, 7) is 2.84. The molecule has 0 N–H and O–H groups in total. The lowest BCUT2D eigenvalue weighted by Crippen LogP contribution is -2.23. The molecule has 3 aromatic rings. The quantitative estimate of drug-likeness (QED) is 0.706. The Morgan fingerprint density at radius 2 is 2.11 bits per heavy atom. The molecule has 0 saturated carbocycles. The summed E-state index contributed by atoms with van der Waals surface area (Å²) in [5, 5.41) is 0.749. The van der Waals surface area contributed by atoms with Gasteiger partial charge in [0.2, 0.25) is 5.78 Å².